The number of likely N-dealkylation sites (tertiary alicyclic amines) is 1. The van der Waals surface area contributed by atoms with E-state index in [2.05, 4.69) is 0 Å². The predicted octanol–water partition coefficient (Wildman–Crippen LogP) is 2.42. The fourth-order valence-electron chi connectivity index (χ4n) is 2.66. The number of hydrogen-bond acceptors (Lipinski definition) is 2. The van der Waals surface area contributed by atoms with Crippen LogP contribution in [0.4, 0.5) is 0 Å². The molecular weight excluding hydrogens is 238 g/mol. The number of halogens is 1. The van der Waals surface area contributed by atoms with Crippen LogP contribution < -0.4 is 0 Å². The summed E-state index contributed by atoms with van der Waals surface area (Å²) in [4.78, 5) is 14.2. The minimum Gasteiger partial charge on any atom is -0.381 e. The topological polar surface area (TPSA) is 29.5 Å². The van der Waals surface area contributed by atoms with Gasteiger partial charge in [-0.05, 0) is 25.7 Å². The summed E-state index contributed by atoms with van der Waals surface area (Å²) in [6, 6.07) is 0. The second-order valence-corrected chi connectivity index (χ2v) is 5.59. The Labute approximate surface area is 108 Å². The van der Waals surface area contributed by atoms with Gasteiger partial charge in [0.05, 0.1) is 6.61 Å². The number of amides is 1. The molecule has 2 heterocycles. The summed E-state index contributed by atoms with van der Waals surface area (Å²) in [5, 5.41) is -0.381. The van der Waals surface area contributed by atoms with Gasteiger partial charge in [-0.25, -0.2) is 0 Å². The maximum Gasteiger partial charge on any atom is 0.241 e. The number of ether oxygens (including phenoxy) is 1. The van der Waals surface area contributed by atoms with Crippen LogP contribution in [0.5, 0.6) is 0 Å². The van der Waals surface area contributed by atoms with Crippen molar-refractivity contribution in [2.24, 2.45) is 5.92 Å². The highest BCUT2D eigenvalue weighted by Crippen LogP contribution is 2.24. The van der Waals surface area contributed by atoms with Crippen LogP contribution >= 0.6 is 11.6 Å². The third kappa shape index (κ3) is 3.59. The van der Waals surface area contributed by atoms with E-state index in [-0.39, 0.29) is 17.2 Å². The molecule has 0 aromatic heterocycles. The first kappa shape index (κ1) is 13.2. The van der Waals surface area contributed by atoms with E-state index in [1.54, 1.807) is 0 Å². The first-order chi connectivity index (χ1) is 8.29. The molecule has 2 fully saturated rings. The molecule has 0 aliphatic carbocycles. The summed E-state index contributed by atoms with van der Waals surface area (Å²) < 4.78 is 5.41. The van der Waals surface area contributed by atoms with Crippen molar-refractivity contribution in [2.45, 2.75) is 43.9 Å². The van der Waals surface area contributed by atoms with E-state index in [4.69, 9.17) is 16.3 Å². The zero-order valence-corrected chi connectivity index (χ0v) is 11.1. The highest BCUT2D eigenvalue weighted by Gasteiger charge is 2.31. The van der Waals surface area contributed by atoms with Gasteiger partial charge in [0.2, 0.25) is 5.91 Å². The number of rotatable bonds is 2. The smallest absolute Gasteiger partial charge is 0.241 e. The number of hydrogen-bond donors (Lipinski definition) is 0. The summed E-state index contributed by atoms with van der Waals surface area (Å²) >= 11 is 6.33. The summed E-state index contributed by atoms with van der Waals surface area (Å²) in [5.74, 6) is 0.338. The Morgan fingerprint density at radius 2 is 1.88 bits per heavy atom. The molecule has 2 unspecified atom stereocenters. The predicted molar refractivity (Wildman–Crippen MR) is 68.2 cm³/mol. The van der Waals surface area contributed by atoms with Crippen molar-refractivity contribution in [3.05, 3.63) is 0 Å². The molecule has 0 saturated carbocycles. The lowest BCUT2D eigenvalue weighted by molar-refractivity contribution is -0.132. The zero-order valence-electron chi connectivity index (χ0n) is 10.4. The van der Waals surface area contributed by atoms with Gasteiger partial charge in [0.15, 0.2) is 0 Å². The highest BCUT2D eigenvalue weighted by atomic mass is 35.5. The van der Waals surface area contributed by atoms with Gasteiger partial charge in [-0.15, -0.1) is 11.6 Å². The lowest BCUT2D eigenvalue weighted by Crippen LogP contribution is -2.42. The highest BCUT2D eigenvalue weighted by molar-refractivity contribution is 6.30. The maximum absolute atomic E-state index is 12.3. The van der Waals surface area contributed by atoms with Crippen molar-refractivity contribution in [1.29, 1.82) is 0 Å². The van der Waals surface area contributed by atoms with Gasteiger partial charge in [-0.1, -0.05) is 12.8 Å². The molecule has 98 valence electrons. The molecule has 2 rings (SSSR count). The molecule has 0 bridgehead atoms. The van der Waals surface area contributed by atoms with Crippen molar-refractivity contribution in [2.75, 3.05) is 26.3 Å². The van der Waals surface area contributed by atoms with E-state index in [1.807, 2.05) is 4.90 Å². The quantitative estimate of drug-likeness (QED) is 0.713. The molecule has 4 heteroatoms. The Balaban J connectivity index is 1.88. The lowest BCUT2D eigenvalue weighted by atomic mass is 9.97. The third-order valence-electron chi connectivity index (χ3n) is 3.76. The molecule has 0 aromatic carbocycles. The Bertz CT molecular complexity index is 246. The van der Waals surface area contributed by atoms with E-state index in [1.165, 1.54) is 12.8 Å². The Kier molecular flexibility index (Phi) is 5.11. The van der Waals surface area contributed by atoms with Crippen LogP contribution in [0.25, 0.3) is 0 Å². The third-order valence-corrected chi connectivity index (χ3v) is 4.31. The molecular formula is C13H22ClNO2. The zero-order chi connectivity index (χ0) is 12.1. The van der Waals surface area contributed by atoms with Gasteiger partial charge in [0.1, 0.15) is 5.38 Å². The van der Waals surface area contributed by atoms with E-state index in [0.29, 0.717) is 6.61 Å². The molecule has 17 heavy (non-hydrogen) atoms. The second-order valence-electron chi connectivity index (χ2n) is 5.12. The lowest BCUT2D eigenvalue weighted by Gasteiger charge is -2.29. The number of carbonyl (C=O) groups excluding carboxylic acids is 1. The standard InChI is InChI=1S/C13H22ClNO2/c14-12(11-6-5-9-17-10-11)13(16)15-7-3-1-2-4-8-15/h11-12H,1-10H2. The number of nitrogens with zero attached hydrogens (tertiary/aromatic N) is 1. The molecule has 3 nitrogen and oxygen atoms in total. The molecule has 0 radical (unpaired) electrons. The largest absolute Gasteiger partial charge is 0.381 e. The molecule has 1 amide bonds. The monoisotopic (exact) mass is 259 g/mol. The first-order valence-corrected chi connectivity index (χ1v) is 7.23. The molecule has 2 aliphatic rings. The van der Waals surface area contributed by atoms with E-state index in [0.717, 1.165) is 45.4 Å². The SMILES string of the molecule is O=C(C(Cl)C1CCCOC1)N1CCCCCC1. The summed E-state index contributed by atoms with van der Waals surface area (Å²) in [6.07, 6.45) is 6.77. The van der Waals surface area contributed by atoms with Crippen LogP contribution in [0, 0.1) is 5.92 Å². The van der Waals surface area contributed by atoms with Crippen LogP contribution in [0.3, 0.4) is 0 Å². The molecule has 0 N–H and O–H groups in total. The average Bonchev–Trinajstić information content (AvgIpc) is 2.67. The molecule has 0 spiro atoms. The Morgan fingerprint density at radius 3 is 2.47 bits per heavy atom. The maximum atomic E-state index is 12.3. The van der Waals surface area contributed by atoms with Gasteiger partial charge in [-0.2, -0.15) is 0 Å². The van der Waals surface area contributed by atoms with E-state index >= 15 is 0 Å². The summed E-state index contributed by atoms with van der Waals surface area (Å²) in [6.45, 7) is 3.23. The van der Waals surface area contributed by atoms with E-state index < -0.39 is 0 Å². The number of alkyl halides is 1. The van der Waals surface area contributed by atoms with Gasteiger partial charge < -0.3 is 9.64 Å². The van der Waals surface area contributed by atoms with Crippen LogP contribution in [0.15, 0.2) is 0 Å². The minimum atomic E-state index is -0.381. The van der Waals surface area contributed by atoms with Crippen molar-refractivity contribution in [1.82, 2.24) is 4.90 Å². The molecule has 2 aliphatic heterocycles. The summed E-state index contributed by atoms with van der Waals surface area (Å²) in [5.41, 5.74) is 0. The van der Waals surface area contributed by atoms with Crippen molar-refractivity contribution < 1.29 is 9.53 Å². The minimum absolute atomic E-state index is 0.129. The van der Waals surface area contributed by atoms with Gasteiger partial charge >= 0.3 is 0 Å². The fourth-order valence-corrected chi connectivity index (χ4v) is 3.00. The molecule has 0 aromatic rings. The first-order valence-electron chi connectivity index (χ1n) is 6.79. The van der Waals surface area contributed by atoms with Crippen molar-refractivity contribution in [3.8, 4) is 0 Å². The van der Waals surface area contributed by atoms with Gasteiger partial charge in [-0.3, -0.25) is 4.79 Å². The van der Waals surface area contributed by atoms with Crippen molar-refractivity contribution in [3.63, 3.8) is 0 Å². The fraction of sp³-hybridized carbons (Fsp3) is 0.923. The Morgan fingerprint density at radius 1 is 1.18 bits per heavy atom. The van der Waals surface area contributed by atoms with Gasteiger partial charge in [0, 0.05) is 25.6 Å². The Hall–Kier alpha value is -0.280. The molecule has 2 saturated heterocycles. The second kappa shape index (κ2) is 6.60. The molecule has 2 atom stereocenters. The van der Waals surface area contributed by atoms with Crippen LogP contribution in [-0.2, 0) is 9.53 Å². The average molecular weight is 260 g/mol. The van der Waals surface area contributed by atoms with Crippen molar-refractivity contribution >= 4 is 17.5 Å². The van der Waals surface area contributed by atoms with E-state index in [9.17, 15) is 4.79 Å². The normalized spacial score (nSPS) is 28.5. The summed E-state index contributed by atoms with van der Waals surface area (Å²) in [7, 11) is 0. The van der Waals surface area contributed by atoms with Gasteiger partial charge in [0.25, 0.3) is 0 Å². The van der Waals surface area contributed by atoms with Crippen LogP contribution in [0.2, 0.25) is 0 Å². The number of carbonyl (C=O) groups is 1. The van der Waals surface area contributed by atoms with Crippen LogP contribution in [-0.4, -0.2) is 42.5 Å². The van der Waals surface area contributed by atoms with Crippen LogP contribution in [0.1, 0.15) is 38.5 Å².